The van der Waals surface area contributed by atoms with Gasteiger partial charge in [-0.25, -0.2) is 0 Å². The molecule has 2 rings (SSSR count). The van der Waals surface area contributed by atoms with Crippen molar-refractivity contribution in [1.29, 1.82) is 0 Å². The summed E-state index contributed by atoms with van der Waals surface area (Å²) in [6, 6.07) is 15.5. The third-order valence-electron chi connectivity index (χ3n) is 2.45. The highest BCUT2D eigenvalue weighted by molar-refractivity contribution is 7.79. The number of halogens is 2. The molecule has 6 N–H and O–H groups in total. The average molecular weight is 381 g/mol. The quantitative estimate of drug-likeness (QED) is 0.588. The molecule has 0 radical (unpaired) electrons. The second-order valence-electron chi connectivity index (χ2n) is 4.09. The summed E-state index contributed by atoms with van der Waals surface area (Å²) in [5.41, 5.74) is 9.69. The topological polar surface area (TPSA) is 136 Å². The van der Waals surface area contributed by atoms with Crippen molar-refractivity contribution in [3.8, 4) is 0 Å². The standard InChI is InChI=1S/2C7H8ClN.H2O4S/c2*8-7-4-2-1-3-6(7)5-9;1-5(2,3)4/h2*1-4H,5,9H2;(H2,1,2,3,4). The molecule has 0 bridgehead atoms. The van der Waals surface area contributed by atoms with Gasteiger partial charge in [0.05, 0.1) is 0 Å². The molecule has 0 spiro atoms. The molecule has 9 heteroatoms. The molecular weight excluding hydrogens is 363 g/mol. The number of hydrogen-bond donors (Lipinski definition) is 2. The first-order valence-corrected chi connectivity index (χ1v) is 8.50. The third-order valence-corrected chi connectivity index (χ3v) is 3.19. The van der Waals surface area contributed by atoms with Crippen molar-refractivity contribution in [3.63, 3.8) is 0 Å². The van der Waals surface area contributed by atoms with Gasteiger partial charge < -0.3 is 20.6 Å². The fourth-order valence-electron chi connectivity index (χ4n) is 1.40. The average Bonchev–Trinajstić information content (AvgIpc) is 2.47. The van der Waals surface area contributed by atoms with E-state index in [1.807, 2.05) is 48.5 Å². The minimum atomic E-state index is -5.17. The maximum atomic E-state index is 8.52. The predicted molar refractivity (Wildman–Crippen MR) is 86.6 cm³/mol. The smallest absolute Gasteiger partial charge is 0.101 e. The molecule has 128 valence electrons. The fraction of sp³-hybridized carbons (Fsp3) is 0.143. The van der Waals surface area contributed by atoms with Crippen LogP contribution in [-0.2, 0) is 23.5 Å². The van der Waals surface area contributed by atoms with Gasteiger partial charge in [-0.3, -0.25) is 8.42 Å². The molecule has 0 aliphatic heterocycles. The van der Waals surface area contributed by atoms with E-state index in [1.165, 1.54) is 0 Å². The Labute approximate surface area is 145 Å². The highest BCUT2D eigenvalue weighted by atomic mass is 35.5. The summed E-state index contributed by atoms with van der Waals surface area (Å²) in [7, 11) is -5.17. The predicted octanol–water partition coefficient (Wildman–Crippen LogP) is 0.826. The Balaban J connectivity index is 0.000000332. The van der Waals surface area contributed by atoms with Crippen LogP contribution in [0, 0.1) is 0 Å². The first-order chi connectivity index (χ1) is 10.7. The lowest BCUT2D eigenvalue weighted by Crippen LogP contribution is -2.47. The normalized spacial score (nSPS) is 10.0. The van der Waals surface area contributed by atoms with E-state index < -0.39 is 10.4 Å². The van der Waals surface area contributed by atoms with Crippen LogP contribution in [0.1, 0.15) is 11.1 Å². The van der Waals surface area contributed by atoms with Gasteiger partial charge in [0.15, 0.2) is 0 Å². The monoisotopic (exact) mass is 380 g/mol. The number of quaternary nitrogens is 2. The van der Waals surface area contributed by atoms with Gasteiger partial charge in [0.2, 0.25) is 0 Å². The summed E-state index contributed by atoms with van der Waals surface area (Å²) in [5, 5.41) is 1.63. The zero-order chi connectivity index (χ0) is 17.9. The number of benzene rings is 2. The Morgan fingerprint density at radius 3 is 1.22 bits per heavy atom. The molecule has 0 aromatic heterocycles. The Morgan fingerprint density at radius 1 is 0.783 bits per heavy atom. The van der Waals surface area contributed by atoms with Crippen molar-refractivity contribution in [2.24, 2.45) is 0 Å². The van der Waals surface area contributed by atoms with Crippen molar-refractivity contribution < 1.29 is 29.0 Å². The van der Waals surface area contributed by atoms with Gasteiger partial charge >= 0.3 is 0 Å². The van der Waals surface area contributed by atoms with E-state index in [0.29, 0.717) is 0 Å². The van der Waals surface area contributed by atoms with E-state index in [0.717, 1.165) is 34.3 Å². The van der Waals surface area contributed by atoms with E-state index in [-0.39, 0.29) is 0 Å². The summed E-state index contributed by atoms with van der Waals surface area (Å²) in [6.07, 6.45) is 0. The van der Waals surface area contributed by atoms with Crippen LogP contribution < -0.4 is 11.5 Å². The van der Waals surface area contributed by atoms with Gasteiger partial charge in [-0.1, -0.05) is 59.6 Å². The van der Waals surface area contributed by atoms with Crippen LogP contribution in [0.4, 0.5) is 0 Å². The summed E-state index contributed by atoms with van der Waals surface area (Å²) in [5.74, 6) is 0. The van der Waals surface area contributed by atoms with Gasteiger partial charge in [0.25, 0.3) is 0 Å². The van der Waals surface area contributed by atoms with Gasteiger partial charge in [-0.2, -0.15) is 0 Å². The van der Waals surface area contributed by atoms with Gasteiger partial charge in [-0.15, -0.1) is 0 Å². The zero-order valence-corrected chi connectivity index (χ0v) is 14.6. The Morgan fingerprint density at radius 2 is 1.04 bits per heavy atom. The maximum Gasteiger partial charge on any atom is 0.101 e. The van der Waals surface area contributed by atoms with Crippen molar-refractivity contribution in [2.45, 2.75) is 13.1 Å². The lowest BCUT2D eigenvalue weighted by Gasteiger charge is -2.06. The molecular formula is C14H18Cl2N2O4S. The van der Waals surface area contributed by atoms with Gasteiger partial charge in [-0.05, 0) is 12.1 Å². The first-order valence-electron chi connectivity index (χ1n) is 6.41. The minimum Gasteiger partial charge on any atom is -0.759 e. The Kier molecular flexibility index (Phi) is 10.8. The van der Waals surface area contributed by atoms with Crippen LogP contribution in [0.25, 0.3) is 0 Å². The SMILES string of the molecule is O=S(=O)([O-])[O-].[NH3+]Cc1ccccc1Cl.[NH3+]Cc1ccccc1Cl. The lowest BCUT2D eigenvalue weighted by atomic mass is 10.2. The highest BCUT2D eigenvalue weighted by Gasteiger charge is 1.95. The minimum absolute atomic E-state index is 0.764. The summed E-state index contributed by atoms with van der Waals surface area (Å²) in [4.78, 5) is 0. The zero-order valence-electron chi connectivity index (χ0n) is 12.2. The summed E-state index contributed by atoms with van der Waals surface area (Å²) in [6.45, 7) is 1.53. The largest absolute Gasteiger partial charge is 0.759 e. The van der Waals surface area contributed by atoms with E-state index in [1.54, 1.807) is 0 Å². The van der Waals surface area contributed by atoms with Crippen LogP contribution in [0.3, 0.4) is 0 Å². The van der Waals surface area contributed by atoms with E-state index in [9.17, 15) is 0 Å². The molecule has 0 unspecified atom stereocenters. The second-order valence-corrected chi connectivity index (χ2v) is 5.72. The molecule has 0 atom stereocenters. The van der Waals surface area contributed by atoms with Crippen LogP contribution in [0.2, 0.25) is 10.0 Å². The number of hydrogen-bond acceptors (Lipinski definition) is 4. The molecule has 0 aliphatic rings. The molecule has 2 aromatic rings. The van der Waals surface area contributed by atoms with Crippen molar-refractivity contribution in [3.05, 3.63) is 69.7 Å². The molecule has 2 aromatic carbocycles. The molecule has 0 saturated heterocycles. The Bertz CT molecular complexity index is 643. The van der Waals surface area contributed by atoms with Crippen molar-refractivity contribution in [2.75, 3.05) is 0 Å². The number of rotatable bonds is 2. The molecule has 6 nitrogen and oxygen atoms in total. The second kappa shape index (κ2) is 11.4. The van der Waals surface area contributed by atoms with Gasteiger partial charge in [0, 0.05) is 31.6 Å². The van der Waals surface area contributed by atoms with Crippen molar-refractivity contribution in [1.82, 2.24) is 0 Å². The highest BCUT2D eigenvalue weighted by Crippen LogP contribution is 2.13. The molecule has 23 heavy (non-hydrogen) atoms. The van der Waals surface area contributed by atoms with E-state index >= 15 is 0 Å². The van der Waals surface area contributed by atoms with Crippen LogP contribution in [0.5, 0.6) is 0 Å². The first kappa shape index (κ1) is 21.8. The molecule has 0 saturated carbocycles. The summed E-state index contributed by atoms with van der Waals surface area (Å²) >= 11 is 11.6. The Hall–Kier alpha value is -1.19. The molecule has 0 aliphatic carbocycles. The van der Waals surface area contributed by atoms with E-state index in [4.69, 9.17) is 40.7 Å². The third kappa shape index (κ3) is 12.0. The van der Waals surface area contributed by atoms with Crippen LogP contribution in [0.15, 0.2) is 48.5 Å². The van der Waals surface area contributed by atoms with Crippen molar-refractivity contribution >= 4 is 33.6 Å². The molecule has 0 amide bonds. The van der Waals surface area contributed by atoms with Crippen LogP contribution in [-0.4, -0.2) is 17.5 Å². The fourth-order valence-corrected chi connectivity index (χ4v) is 1.86. The summed E-state index contributed by atoms with van der Waals surface area (Å²) < 4.78 is 34.1. The molecule has 0 heterocycles. The maximum absolute atomic E-state index is 8.52. The molecule has 0 fully saturated rings. The van der Waals surface area contributed by atoms with Crippen LogP contribution >= 0.6 is 23.2 Å². The van der Waals surface area contributed by atoms with E-state index in [2.05, 4.69) is 11.5 Å². The lowest BCUT2D eigenvalue weighted by molar-refractivity contribution is -0.386. The van der Waals surface area contributed by atoms with Gasteiger partial charge in [0.1, 0.15) is 13.1 Å².